The van der Waals surface area contributed by atoms with E-state index in [0.717, 1.165) is 12.0 Å². The van der Waals surface area contributed by atoms with Crippen molar-refractivity contribution in [2.24, 2.45) is 0 Å². The van der Waals surface area contributed by atoms with E-state index in [2.05, 4.69) is 10.3 Å². The largest absolute Gasteiger partial charge is 0.313 e. The van der Waals surface area contributed by atoms with Crippen LogP contribution in [0.2, 0.25) is 10.0 Å². The molecule has 18 heavy (non-hydrogen) atoms. The van der Waals surface area contributed by atoms with Crippen LogP contribution in [0.3, 0.4) is 0 Å². The van der Waals surface area contributed by atoms with Crippen molar-refractivity contribution in [1.29, 1.82) is 0 Å². The fourth-order valence-corrected chi connectivity index (χ4v) is 2.35. The summed E-state index contributed by atoms with van der Waals surface area (Å²) < 4.78 is 0. The van der Waals surface area contributed by atoms with Crippen molar-refractivity contribution >= 4 is 23.2 Å². The molecule has 94 valence electrons. The summed E-state index contributed by atoms with van der Waals surface area (Å²) in [6, 6.07) is 9.85. The number of benzene rings is 1. The van der Waals surface area contributed by atoms with Gasteiger partial charge in [-0.2, -0.15) is 0 Å². The molecule has 2 nitrogen and oxygen atoms in total. The second kappa shape index (κ2) is 6.19. The predicted octanol–water partition coefficient (Wildman–Crippen LogP) is 3.89. The van der Waals surface area contributed by atoms with Gasteiger partial charge in [-0.15, -0.1) is 0 Å². The number of likely N-dealkylation sites (N-methyl/N-ethyl adjacent to an activating group) is 1. The number of aromatic nitrogens is 1. The molecule has 0 aliphatic heterocycles. The smallest absolute Gasteiger partial charge is 0.0640 e. The molecule has 0 amide bonds. The molecule has 2 rings (SSSR count). The van der Waals surface area contributed by atoms with E-state index < -0.39 is 0 Å². The first kappa shape index (κ1) is 13.3. The zero-order valence-corrected chi connectivity index (χ0v) is 11.5. The molecule has 1 aromatic carbocycles. The molecule has 1 aromatic heterocycles. The molecule has 0 radical (unpaired) electrons. The van der Waals surface area contributed by atoms with Crippen LogP contribution < -0.4 is 5.32 Å². The molecule has 1 atom stereocenters. The van der Waals surface area contributed by atoms with Crippen LogP contribution in [0.15, 0.2) is 42.7 Å². The third kappa shape index (κ3) is 3.02. The molecule has 0 saturated carbocycles. The Labute approximate surface area is 117 Å². The predicted molar refractivity (Wildman–Crippen MR) is 76.2 cm³/mol. The highest BCUT2D eigenvalue weighted by Gasteiger charge is 2.15. The van der Waals surface area contributed by atoms with E-state index in [1.165, 1.54) is 5.56 Å². The van der Waals surface area contributed by atoms with Gasteiger partial charge in [0.15, 0.2) is 0 Å². The molecular weight excluding hydrogens is 267 g/mol. The van der Waals surface area contributed by atoms with Gasteiger partial charge < -0.3 is 5.32 Å². The van der Waals surface area contributed by atoms with Crippen molar-refractivity contribution in [1.82, 2.24) is 10.3 Å². The van der Waals surface area contributed by atoms with Gasteiger partial charge in [-0.25, -0.2) is 0 Å². The highest BCUT2D eigenvalue weighted by atomic mass is 35.5. The Balaban J connectivity index is 2.26. The highest BCUT2D eigenvalue weighted by Crippen LogP contribution is 2.31. The van der Waals surface area contributed by atoms with Crippen LogP contribution in [0, 0.1) is 0 Å². The van der Waals surface area contributed by atoms with Gasteiger partial charge in [0.1, 0.15) is 0 Å². The van der Waals surface area contributed by atoms with Gasteiger partial charge in [0.2, 0.25) is 0 Å². The maximum atomic E-state index is 6.25. The first-order valence-corrected chi connectivity index (χ1v) is 6.48. The molecule has 1 unspecified atom stereocenters. The van der Waals surface area contributed by atoms with Crippen molar-refractivity contribution in [3.05, 3.63) is 63.9 Å². The van der Waals surface area contributed by atoms with Crippen LogP contribution in [0.4, 0.5) is 0 Å². The lowest BCUT2D eigenvalue weighted by atomic mass is 9.99. The summed E-state index contributed by atoms with van der Waals surface area (Å²) in [5, 5.41) is 4.48. The van der Waals surface area contributed by atoms with Crippen molar-refractivity contribution in [2.45, 2.75) is 12.5 Å². The van der Waals surface area contributed by atoms with Gasteiger partial charge in [0.25, 0.3) is 0 Å². The molecule has 0 bridgehead atoms. The van der Waals surface area contributed by atoms with E-state index in [0.29, 0.717) is 10.0 Å². The third-order valence-corrected chi connectivity index (χ3v) is 3.73. The summed E-state index contributed by atoms with van der Waals surface area (Å²) in [4.78, 5) is 4.02. The average Bonchev–Trinajstić information content (AvgIpc) is 2.41. The second-order valence-corrected chi connectivity index (χ2v) is 4.83. The Morgan fingerprint density at radius 3 is 2.56 bits per heavy atom. The van der Waals surface area contributed by atoms with Crippen LogP contribution in [-0.2, 0) is 6.42 Å². The quantitative estimate of drug-likeness (QED) is 0.919. The fraction of sp³-hybridized carbons (Fsp3) is 0.214. The average molecular weight is 281 g/mol. The van der Waals surface area contributed by atoms with Gasteiger partial charge in [-0.3, -0.25) is 4.98 Å². The van der Waals surface area contributed by atoms with Crippen molar-refractivity contribution < 1.29 is 0 Å². The summed E-state index contributed by atoms with van der Waals surface area (Å²) in [7, 11) is 1.92. The van der Waals surface area contributed by atoms with Crippen LogP contribution in [-0.4, -0.2) is 12.0 Å². The number of nitrogens with zero attached hydrogens (tertiary/aromatic N) is 1. The zero-order chi connectivity index (χ0) is 13.0. The van der Waals surface area contributed by atoms with E-state index >= 15 is 0 Å². The maximum absolute atomic E-state index is 6.25. The molecule has 0 saturated heterocycles. The molecule has 4 heteroatoms. The Hall–Kier alpha value is -1.09. The van der Waals surface area contributed by atoms with E-state index in [4.69, 9.17) is 23.2 Å². The maximum Gasteiger partial charge on any atom is 0.0640 e. The summed E-state index contributed by atoms with van der Waals surface area (Å²) >= 11 is 12.3. The number of rotatable bonds is 4. The lowest BCUT2D eigenvalue weighted by molar-refractivity contribution is 0.592. The van der Waals surface area contributed by atoms with Gasteiger partial charge in [-0.05, 0) is 42.8 Å². The first-order chi connectivity index (χ1) is 8.72. The molecule has 0 spiro atoms. The number of hydrogen-bond acceptors (Lipinski definition) is 2. The summed E-state index contributed by atoms with van der Waals surface area (Å²) in [5.74, 6) is 0. The lowest BCUT2D eigenvalue weighted by Gasteiger charge is -2.18. The third-order valence-electron chi connectivity index (χ3n) is 2.89. The van der Waals surface area contributed by atoms with Gasteiger partial charge in [-0.1, -0.05) is 35.3 Å². The summed E-state index contributed by atoms with van der Waals surface area (Å²) in [6.45, 7) is 0. The molecule has 1 heterocycles. The topological polar surface area (TPSA) is 24.9 Å². The Kier molecular flexibility index (Phi) is 4.59. The molecule has 0 aliphatic rings. The molecule has 0 fully saturated rings. The van der Waals surface area contributed by atoms with Crippen LogP contribution in [0.25, 0.3) is 0 Å². The monoisotopic (exact) mass is 280 g/mol. The molecular formula is C14H14Cl2N2. The van der Waals surface area contributed by atoms with Gasteiger partial charge >= 0.3 is 0 Å². The minimum absolute atomic E-state index is 0.138. The molecule has 2 aromatic rings. The summed E-state index contributed by atoms with van der Waals surface area (Å²) in [5.41, 5.74) is 2.23. The number of hydrogen-bond donors (Lipinski definition) is 1. The zero-order valence-electron chi connectivity index (χ0n) is 10.0. The summed E-state index contributed by atoms with van der Waals surface area (Å²) in [6.07, 6.45) is 4.43. The van der Waals surface area contributed by atoms with Crippen LogP contribution in [0.1, 0.15) is 17.2 Å². The Morgan fingerprint density at radius 1 is 1.17 bits per heavy atom. The fourth-order valence-electron chi connectivity index (χ4n) is 1.91. The standard InChI is InChI=1S/C14H14Cl2N2/c1-17-13(9-10-5-7-18-8-6-10)11-3-2-4-12(15)14(11)16/h2-8,13,17H,9H2,1H3. The van der Waals surface area contributed by atoms with E-state index in [1.807, 2.05) is 31.3 Å². The highest BCUT2D eigenvalue weighted by molar-refractivity contribution is 6.42. The Bertz CT molecular complexity index is 514. The Morgan fingerprint density at radius 2 is 1.89 bits per heavy atom. The van der Waals surface area contributed by atoms with E-state index in [-0.39, 0.29) is 6.04 Å². The van der Waals surface area contributed by atoms with Crippen LogP contribution >= 0.6 is 23.2 Å². The van der Waals surface area contributed by atoms with Gasteiger partial charge in [0.05, 0.1) is 10.0 Å². The van der Waals surface area contributed by atoms with Gasteiger partial charge in [0, 0.05) is 18.4 Å². The van der Waals surface area contributed by atoms with Crippen molar-refractivity contribution in [3.63, 3.8) is 0 Å². The van der Waals surface area contributed by atoms with Crippen molar-refractivity contribution in [3.8, 4) is 0 Å². The first-order valence-electron chi connectivity index (χ1n) is 5.72. The number of nitrogens with one attached hydrogen (secondary N) is 1. The number of halogens is 2. The minimum atomic E-state index is 0.138. The number of pyridine rings is 1. The minimum Gasteiger partial charge on any atom is -0.313 e. The second-order valence-electron chi connectivity index (χ2n) is 4.04. The molecule has 1 N–H and O–H groups in total. The van der Waals surface area contributed by atoms with E-state index in [1.54, 1.807) is 18.5 Å². The molecule has 0 aliphatic carbocycles. The van der Waals surface area contributed by atoms with Crippen molar-refractivity contribution in [2.75, 3.05) is 7.05 Å². The SMILES string of the molecule is CNC(Cc1ccncc1)c1cccc(Cl)c1Cl. The lowest BCUT2D eigenvalue weighted by Crippen LogP contribution is -2.19. The normalized spacial score (nSPS) is 12.4. The van der Waals surface area contributed by atoms with E-state index in [9.17, 15) is 0 Å². The van der Waals surface area contributed by atoms with Crippen LogP contribution in [0.5, 0.6) is 0 Å².